The van der Waals surface area contributed by atoms with E-state index in [1.807, 2.05) is 74.5 Å². The summed E-state index contributed by atoms with van der Waals surface area (Å²) in [5.41, 5.74) is 6.06. The summed E-state index contributed by atoms with van der Waals surface area (Å²) >= 11 is 0. The predicted octanol–water partition coefficient (Wildman–Crippen LogP) is 6.08. The van der Waals surface area contributed by atoms with Crippen LogP contribution in [0.5, 0.6) is 11.5 Å². The topological polar surface area (TPSA) is 64.5 Å². The fourth-order valence-electron chi connectivity index (χ4n) is 4.26. The highest BCUT2D eigenvalue weighted by Crippen LogP contribution is 2.31. The van der Waals surface area contributed by atoms with Crippen LogP contribution in [0, 0.1) is 13.8 Å². The maximum Gasteiger partial charge on any atom is 0.120 e. The molecule has 0 bridgehead atoms. The summed E-state index contributed by atoms with van der Waals surface area (Å²) in [5.74, 6) is 0.598. The van der Waals surface area contributed by atoms with Crippen molar-refractivity contribution in [1.29, 1.82) is 0 Å². The number of benzene rings is 4. The highest BCUT2D eigenvalue weighted by atomic mass is 16.3. The highest BCUT2D eigenvalue weighted by Gasteiger charge is 2.25. The van der Waals surface area contributed by atoms with Gasteiger partial charge in [0.1, 0.15) is 11.5 Å². The molecule has 0 aliphatic rings. The van der Waals surface area contributed by atoms with Gasteiger partial charge in [-0.15, -0.1) is 0 Å². The Bertz CT molecular complexity index is 1110. The van der Waals surface area contributed by atoms with Crippen LogP contribution in [0.15, 0.2) is 97.1 Å². The summed E-state index contributed by atoms with van der Waals surface area (Å²) in [6.45, 7) is 4.98. The summed E-state index contributed by atoms with van der Waals surface area (Å²) in [6, 6.07) is 32.1. The molecule has 2 atom stereocenters. The molecule has 174 valence electrons. The Morgan fingerprint density at radius 2 is 0.941 bits per heavy atom. The van der Waals surface area contributed by atoms with E-state index in [9.17, 15) is 10.2 Å². The Morgan fingerprint density at radius 3 is 1.29 bits per heavy atom. The molecule has 4 rings (SSSR count). The van der Waals surface area contributed by atoms with E-state index in [-0.39, 0.29) is 12.1 Å². The van der Waals surface area contributed by atoms with Gasteiger partial charge < -0.3 is 20.8 Å². The third-order valence-corrected chi connectivity index (χ3v) is 6.16. The van der Waals surface area contributed by atoms with Crippen molar-refractivity contribution in [2.24, 2.45) is 0 Å². The lowest BCUT2D eigenvalue weighted by Crippen LogP contribution is -2.35. The molecule has 0 heterocycles. The van der Waals surface area contributed by atoms with Crippen LogP contribution in [-0.2, 0) is 13.1 Å². The van der Waals surface area contributed by atoms with Crippen LogP contribution in [0.3, 0.4) is 0 Å². The van der Waals surface area contributed by atoms with Gasteiger partial charge in [0.15, 0.2) is 0 Å². The normalized spacial score (nSPS) is 12.9. The smallest absolute Gasteiger partial charge is 0.120 e. The predicted molar refractivity (Wildman–Crippen MR) is 138 cm³/mol. The number of hydrogen-bond donors (Lipinski definition) is 4. The van der Waals surface area contributed by atoms with Crippen LogP contribution in [0.1, 0.15) is 45.5 Å². The van der Waals surface area contributed by atoms with E-state index in [0.717, 1.165) is 33.4 Å². The molecule has 0 aliphatic carbocycles. The van der Waals surface area contributed by atoms with Gasteiger partial charge in [0.05, 0.1) is 12.1 Å². The molecule has 0 radical (unpaired) electrons. The van der Waals surface area contributed by atoms with Crippen molar-refractivity contribution >= 4 is 0 Å². The first-order valence-corrected chi connectivity index (χ1v) is 11.6. The van der Waals surface area contributed by atoms with E-state index >= 15 is 0 Å². The fraction of sp³-hybridized carbons (Fsp3) is 0.200. The van der Waals surface area contributed by atoms with Crippen molar-refractivity contribution in [3.05, 3.63) is 130 Å². The van der Waals surface area contributed by atoms with Crippen LogP contribution < -0.4 is 10.6 Å². The summed E-state index contributed by atoms with van der Waals surface area (Å²) in [6.07, 6.45) is 0. The number of aromatic hydroxyl groups is 2. The number of hydrogen-bond acceptors (Lipinski definition) is 4. The Kier molecular flexibility index (Phi) is 7.63. The zero-order valence-electron chi connectivity index (χ0n) is 19.7. The van der Waals surface area contributed by atoms with E-state index < -0.39 is 0 Å². The second-order valence-electron chi connectivity index (χ2n) is 8.80. The molecule has 4 aromatic rings. The van der Waals surface area contributed by atoms with Crippen LogP contribution in [0.2, 0.25) is 0 Å². The highest BCUT2D eigenvalue weighted by molar-refractivity contribution is 5.37. The monoisotopic (exact) mass is 452 g/mol. The lowest BCUT2D eigenvalue weighted by atomic mass is 9.92. The van der Waals surface area contributed by atoms with Crippen molar-refractivity contribution in [2.45, 2.75) is 39.0 Å². The Morgan fingerprint density at radius 1 is 0.559 bits per heavy atom. The standard InChI is InChI=1S/C30H32N2O2/c1-21-13-15-25(27(33)17-21)19-31-29(23-9-5-3-6-10-23)30(24-11-7-4-8-12-24)32-20-26-16-14-22(2)18-28(26)34/h3-18,29-34H,19-20H2,1-2H3/t29-,30-/m1/s1. The van der Waals surface area contributed by atoms with E-state index in [2.05, 4.69) is 34.9 Å². The van der Waals surface area contributed by atoms with Gasteiger partial charge in [-0.05, 0) is 48.2 Å². The number of phenolic OH excluding ortho intramolecular Hbond substituents is 2. The van der Waals surface area contributed by atoms with Crippen LogP contribution in [0.25, 0.3) is 0 Å². The molecule has 34 heavy (non-hydrogen) atoms. The first kappa shape index (κ1) is 23.6. The molecule has 0 unspecified atom stereocenters. The Balaban J connectivity index is 1.65. The number of rotatable bonds is 9. The molecule has 4 nitrogen and oxygen atoms in total. The van der Waals surface area contributed by atoms with Gasteiger partial charge in [-0.1, -0.05) is 84.9 Å². The van der Waals surface area contributed by atoms with Gasteiger partial charge in [0.2, 0.25) is 0 Å². The first-order chi connectivity index (χ1) is 16.5. The minimum atomic E-state index is -0.0723. The lowest BCUT2D eigenvalue weighted by Gasteiger charge is -2.30. The largest absolute Gasteiger partial charge is 0.508 e. The van der Waals surface area contributed by atoms with Gasteiger partial charge in [0, 0.05) is 24.2 Å². The quantitative estimate of drug-likeness (QED) is 0.249. The number of aryl methyl sites for hydroxylation is 2. The summed E-state index contributed by atoms with van der Waals surface area (Å²) in [7, 11) is 0. The molecule has 0 amide bonds. The van der Waals surface area contributed by atoms with E-state index in [1.54, 1.807) is 12.1 Å². The van der Waals surface area contributed by atoms with Crippen molar-refractivity contribution in [3.8, 4) is 11.5 Å². The fourth-order valence-corrected chi connectivity index (χ4v) is 4.26. The van der Waals surface area contributed by atoms with Crippen molar-refractivity contribution in [1.82, 2.24) is 10.6 Å². The SMILES string of the molecule is Cc1ccc(CN[C@H](c2ccccc2)[C@H](NCc2ccc(C)cc2O)c2ccccc2)c(O)c1. The van der Waals surface area contributed by atoms with E-state index in [1.165, 1.54) is 0 Å². The van der Waals surface area contributed by atoms with Gasteiger partial charge in [-0.25, -0.2) is 0 Å². The number of phenols is 2. The molecule has 0 aliphatic heterocycles. The Hall–Kier alpha value is -3.60. The summed E-state index contributed by atoms with van der Waals surface area (Å²) < 4.78 is 0. The average molecular weight is 453 g/mol. The second-order valence-corrected chi connectivity index (χ2v) is 8.80. The first-order valence-electron chi connectivity index (χ1n) is 11.6. The molecule has 0 spiro atoms. The van der Waals surface area contributed by atoms with Gasteiger partial charge in [-0.3, -0.25) is 0 Å². The van der Waals surface area contributed by atoms with Gasteiger partial charge in [-0.2, -0.15) is 0 Å². The third kappa shape index (κ3) is 5.84. The zero-order chi connectivity index (χ0) is 23.9. The van der Waals surface area contributed by atoms with Crippen molar-refractivity contribution < 1.29 is 10.2 Å². The number of nitrogens with one attached hydrogen (secondary N) is 2. The molecule has 4 N–H and O–H groups in total. The summed E-state index contributed by atoms with van der Waals surface area (Å²) in [4.78, 5) is 0. The Labute approximate surface area is 201 Å². The third-order valence-electron chi connectivity index (χ3n) is 6.16. The molecule has 0 aromatic heterocycles. The van der Waals surface area contributed by atoms with E-state index in [4.69, 9.17) is 0 Å². The van der Waals surface area contributed by atoms with Crippen molar-refractivity contribution in [3.63, 3.8) is 0 Å². The van der Waals surface area contributed by atoms with Crippen molar-refractivity contribution in [2.75, 3.05) is 0 Å². The zero-order valence-corrected chi connectivity index (χ0v) is 19.7. The van der Waals surface area contributed by atoms with Crippen LogP contribution in [-0.4, -0.2) is 10.2 Å². The average Bonchev–Trinajstić information content (AvgIpc) is 2.84. The molecule has 0 fully saturated rings. The lowest BCUT2D eigenvalue weighted by molar-refractivity contribution is 0.373. The van der Waals surface area contributed by atoms with Gasteiger partial charge in [0.25, 0.3) is 0 Å². The minimum Gasteiger partial charge on any atom is -0.508 e. The molecular formula is C30H32N2O2. The molecular weight excluding hydrogens is 420 g/mol. The second kappa shape index (κ2) is 11.0. The van der Waals surface area contributed by atoms with E-state index in [0.29, 0.717) is 24.6 Å². The van der Waals surface area contributed by atoms with Crippen LogP contribution >= 0.6 is 0 Å². The van der Waals surface area contributed by atoms with Crippen LogP contribution in [0.4, 0.5) is 0 Å². The van der Waals surface area contributed by atoms with Gasteiger partial charge >= 0.3 is 0 Å². The molecule has 0 saturated heterocycles. The minimum absolute atomic E-state index is 0.0723. The molecule has 4 aromatic carbocycles. The molecule has 0 saturated carbocycles. The summed E-state index contributed by atoms with van der Waals surface area (Å²) in [5, 5.41) is 28.3. The maximum absolute atomic E-state index is 10.5. The molecule has 4 heteroatoms. The maximum atomic E-state index is 10.5.